The van der Waals surface area contributed by atoms with E-state index in [-0.39, 0.29) is 18.9 Å². The Morgan fingerprint density at radius 3 is 3.07 bits per heavy atom. The highest BCUT2D eigenvalue weighted by Gasteiger charge is 2.39. The highest BCUT2D eigenvalue weighted by molar-refractivity contribution is 6.99. The molecule has 6 heteroatoms. The maximum Gasteiger partial charge on any atom is 0.249 e. The van der Waals surface area contributed by atoms with Gasteiger partial charge in [-0.1, -0.05) is 0 Å². The minimum absolute atomic E-state index is 0.0000177. The van der Waals surface area contributed by atoms with E-state index >= 15 is 0 Å². The van der Waals surface area contributed by atoms with Crippen LogP contribution in [0.3, 0.4) is 0 Å². The van der Waals surface area contributed by atoms with Gasteiger partial charge < -0.3 is 5.32 Å². The van der Waals surface area contributed by atoms with Gasteiger partial charge in [0.05, 0.1) is 23.6 Å². The predicted octanol–water partition coefficient (Wildman–Crippen LogP) is 1.82. The Bertz CT molecular complexity index is 289. The molecule has 78 valence electrons. The van der Waals surface area contributed by atoms with E-state index in [1.807, 2.05) is 0 Å². The Morgan fingerprint density at radius 2 is 2.50 bits per heavy atom. The molecule has 1 unspecified atom stereocenters. The van der Waals surface area contributed by atoms with E-state index in [1.54, 1.807) is 6.20 Å². The number of alkyl halides is 2. The van der Waals surface area contributed by atoms with Crippen molar-refractivity contribution in [2.24, 2.45) is 0 Å². The van der Waals surface area contributed by atoms with Crippen LogP contribution in [0.2, 0.25) is 0 Å². The molecule has 1 N–H and O–H groups in total. The van der Waals surface area contributed by atoms with E-state index in [1.165, 1.54) is 0 Å². The third-order valence-electron chi connectivity index (χ3n) is 2.38. The van der Waals surface area contributed by atoms with Crippen LogP contribution >= 0.6 is 11.7 Å². The van der Waals surface area contributed by atoms with Crippen molar-refractivity contribution < 1.29 is 8.78 Å². The van der Waals surface area contributed by atoms with Gasteiger partial charge in [0.1, 0.15) is 0 Å². The minimum Gasteiger partial charge on any atom is -0.308 e. The zero-order chi connectivity index (χ0) is 10.0. The summed E-state index contributed by atoms with van der Waals surface area (Å²) in [7, 11) is 0. The van der Waals surface area contributed by atoms with Crippen molar-refractivity contribution in [1.82, 2.24) is 14.1 Å². The van der Waals surface area contributed by atoms with Gasteiger partial charge in [0, 0.05) is 25.4 Å². The van der Waals surface area contributed by atoms with Gasteiger partial charge in [-0.3, -0.25) is 0 Å². The van der Waals surface area contributed by atoms with Gasteiger partial charge in [0.2, 0.25) is 5.92 Å². The van der Waals surface area contributed by atoms with Crippen molar-refractivity contribution in [2.45, 2.75) is 37.8 Å². The van der Waals surface area contributed by atoms with Crippen molar-refractivity contribution in [3.63, 3.8) is 0 Å². The van der Waals surface area contributed by atoms with Crippen molar-refractivity contribution in [2.75, 3.05) is 0 Å². The quantitative estimate of drug-likeness (QED) is 0.842. The Hall–Kier alpha value is -0.620. The molecule has 0 aromatic carbocycles. The molecule has 2 rings (SSSR count). The number of hydrogen-bond donors (Lipinski definition) is 1. The second-order valence-corrected chi connectivity index (χ2v) is 4.13. The molecule has 1 atom stereocenters. The molecule has 0 bridgehead atoms. The highest BCUT2D eigenvalue weighted by atomic mass is 32.1. The van der Waals surface area contributed by atoms with Crippen molar-refractivity contribution >= 4 is 11.7 Å². The van der Waals surface area contributed by atoms with E-state index in [4.69, 9.17) is 0 Å². The van der Waals surface area contributed by atoms with Gasteiger partial charge in [0.25, 0.3) is 0 Å². The third kappa shape index (κ3) is 2.45. The van der Waals surface area contributed by atoms with Crippen LogP contribution in [0.4, 0.5) is 8.78 Å². The topological polar surface area (TPSA) is 37.8 Å². The predicted molar refractivity (Wildman–Crippen MR) is 49.3 cm³/mol. The maximum absolute atomic E-state index is 12.8. The molecular weight excluding hydrogens is 208 g/mol. The first-order valence-electron chi connectivity index (χ1n) is 4.53. The lowest BCUT2D eigenvalue weighted by Gasteiger charge is -2.11. The van der Waals surface area contributed by atoms with Gasteiger partial charge in [0.15, 0.2) is 0 Å². The number of nitrogens with one attached hydrogen (secondary N) is 1. The fourth-order valence-corrected chi connectivity index (χ4v) is 2.07. The molecule has 1 heterocycles. The first kappa shape index (κ1) is 9.92. The normalized spacial score (nSPS) is 25.4. The summed E-state index contributed by atoms with van der Waals surface area (Å²) in [6, 6.07) is -0.0771. The van der Waals surface area contributed by atoms with Gasteiger partial charge in [-0.15, -0.1) is 0 Å². The summed E-state index contributed by atoms with van der Waals surface area (Å²) in [6.07, 6.45) is 2.15. The zero-order valence-corrected chi connectivity index (χ0v) is 8.36. The van der Waals surface area contributed by atoms with Gasteiger partial charge in [-0.25, -0.2) is 8.78 Å². The Kier molecular flexibility index (Phi) is 2.73. The van der Waals surface area contributed by atoms with Crippen LogP contribution in [0.25, 0.3) is 0 Å². The summed E-state index contributed by atoms with van der Waals surface area (Å²) in [4.78, 5) is 0. The zero-order valence-electron chi connectivity index (χ0n) is 7.54. The largest absolute Gasteiger partial charge is 0.308 e. The molecule has 1 aromatic rings. The Morgan fingerprint density at radius 1 is 1.64 bits per heavy atom. The average Bonchev–Trinajstić information content (AvgIpc) is 2.70. The monoisotopic (exact) mass is 219 g/mol. The number of nitrogens with zero attached hydrogens (tertiary/aromatic N) is 2. The Labute approximate surface area is 84.9 Å². The Balaban J connectivity index is 1.78. The average molecular weight is 219 g/mol. The molecule has 1 fully saturated rings. The molecule has 0 radical (unpaired) electrons. The maximum atomic E-state index is 12.8. The summed E-state index contributed by atoms with van der Waals surface area (Å²) in [5.41, 5.74) is 0.824. The van der Waals surface area contributed by atoms with Crippen molar-refractivity contribution in [3.05, 3.63) is 11.9 Å². The lowest BCUT2D eigenvalue weighted by atomic mass is 10.2. The molecule has 0 saturated heterocycles. The van der Waals surface area contributed by atoms with Crippen LogP contribution in [0, 0.1) is 0 Å². The summed E-state index contributed by atoms with van der Waals surface area (Å²) in [5.74, 6) is -2.47. The fraction of sp³-hybridized carbons (Fsp3) is 0.750. The van der Waals surface area contributed by atoms with Crippen LogP contribution in [-0.4, -0.2) is 20.7 Å². The van der Waals surface area contributed by atoms with Gasteiger partial charge in [-0.2, -0.15) is 8.75 Å². The number of halogens is 2. The summed E-state index contributed by atoms with van der Waals surface area (Å²) in [5, 5.41) is 3.06. The molecule has 1 aromatic heterocycles. The minimum atomic E-state index is -2.47. The second-order valence-electron chi connectivity index (χ2n) is 3.58. The molecule has 3 nitrogen and oxygen atoms in total. The number of rotatable bonds is 3. The molecule has 1 aliphatic rings. The van der Waals surface area contributed by atoms with Crippen LogP contribution in [0.5, 0.6) is 0 Å². The van der Waals surface area contributed by atoms with Crippen LogP contribution in [0.1, 0.15) is 25.0 Å². The number of hydrogen-bond acceptors (Lipinski definition) is 4. The van der Waals surface area contributed by atoms with Gasteiger partial charge in [-0.05, 0) is 6.42 Å². The SMILES string of the molecule is FC1(F)CCC(NCc2cnsn2)C1. The first-order valence-corrected chi connectivity index (χ1v) is 5.26. The van der Waals surface area contributed by atoms with Gasteiger partial charge >= 0.3 is 0 Å². The fourth-order valence-electron chi connectivity index (χ4n) is 1.64. The standard InChI is InChI=1S/C8H11F2N3S/c9-8(10)2-1-6(3-8)11-4-7-5-12-14-13-7/h5-6,11H,1-4H2. The lowest BCUT2D eigenvalue weighted by molar-refractivity contribution is 0.00686. The molecule has 0 spiro atoms. The van der Waals surface area contributed by atoms with E-state index in [0.29, 0.717) is 13.0 Å². The lowest BCUT2D eigenvalue weighted by Crippen LogP contribution is -2.27. The van der Waals surface area contributed by atoms with Crippen LogP contribution in [-0.2, 0) is 6.54 Å². The molecular formula is C8H11F2N3S. The summed E-state index contributed by atoms with van der Waals surface area (Å²) in [6.45, 7) is 0.539. The second kappa shape index (κ2) is 3.86. The van der Waals surface area contributed by atoms with E-state index < -0.39 is 5.92 Å². The number of aromatic nitrogens is 2. The molecule has 0 amide bonds. The molecule has 1 aliphatic carbocycles. The first-order chi connectivity index (χ1) is 6.66. The molecule has 0 aliphatic heterocycles. The van der Waals surface area contributed by atoms with Crippen LogP contribution in [0.15, 0.2) is 6.20 Å². The highest BCUT2D eigenvalue weighted by Crippen LogP contribution is 2.34. The van der Waals surface area contributed by atoms with Crippen molar-refractivity contribution in [3.8, 4) is 0 Å². The summed E-state index contributed by atoms with van der Waals surface area (Å²) >= 11 is 1.13. The van der Waals surface area contributed by atoms with Crippen molar-refractivity contribution in [1.29, 1.82) is 0 Å². The van der Waals surface area contributed by atoms with E-state index in [0.717, 1.165) is 17.4 Å². The smallest absolute Gasteiger partial charge is 0.249 e. The molecule has 14 heavy (non-hydrogen) atoms. The van der Waals surface area contributed by atoms with E-state index in [2.05, 4.69) is 14.1 Å². The van der Waals surface area contributed by atoms with Crippen LogP contribution < -0.4 is 5.32 Å². The summed E-state index contributed by atoms with van der Waals surface area (Å²) < 4.78 is 33.4. The van der Waals surface area contributed by atoms with E-state index in [9.17, 15) is 8.78 Å². The molecule has 1 saturated carbocycles. The third-order valence-corrected chi connectivity index (χ3v) is 2.90.